The summed E-state index contributed by atoms with van der Waals surface area (Å²) in [5.74, 6) is 0.779. The Morgan fingerprint density at radius 2 is 1.75 bits per heavy atom. The maximum absolute atomic E-state index is 12.7. The van der Waals surface area contributed by atoms with Gasteiger partial charge in [-0.3, -0.25) is 0 Å². The average Bonchev–Trinajstić information content (AvgIpc) is 2.87. The molecule has 5 unspecified atom stereocenters. The number of fused-ring (bicyclic) bond motifs is 1. The normalized spacial score (nSPS) is 38.0. The summed E-state index contributed by atoms with van der Waals surface area (Å²) in [6.45, 7) is 8.11. The Hall–Kier alpha value is -1.59. The Balaban J connectivity index is 1.83. The van der Waals surface area contributed by atoms with E-state index in [0.29, 0.717) is 36.5 Å². The highest BCUT2D eigenvalue weighted by Crippen LogP contribution is 2.59. The predicted molar refractivity (Wildman–Crippen MR) is 107 cm³/mol. The number of esters is 1. The van der Waals surface area contributed by atoms with Crippen molar-refractivity contribution in [3.63, 3.8) is 0 Å². The molecule has 0 amide bonds. The van der Waals surface area contributed by atoms with Gasteiger partial charge in [-0.05, 0) is 75.1 Å². The minimum absolute atomic E-state index is 0.198. The van der Waals surface area contributed by atoms with Gasteiger partial charge in [0, 0.05) is 5.41 Å². The molecule has 0 aliphatic heterocycles. The zero-order valence-corrected chi connectivity index (χ0v) is 17.7. The molecule has 0 aromatic heterocycles. The lowest BCUT2D eigenvalue weighted by Gasteiger charge is -2.43. The summed E-state index contributed by atoms with van der Waals surface area (Å²) in [7, 11) is 1.57. The summed E-state index contributed by atoms with van der Waals surface area (Å²) in [6, 6.07) is 6.75. The molecular formula is C23H34O5. The van der Waals surface area contributed by atoms with Gasteiger partial charge in [0.1, 0.15) is 11.9 Å². The Morgan fingerprint density at radius 1 is 1.11 bits per heavy atom. The molecule has 1 aromatic rings. The van der Waals surface area contributed by atoms with Crippen LogP contribution in [0.25, 0.3) is 0 Å². The van der Waals surface area contributed by atoms with Crippen LogP contribution in [-0.4, -0.2) is 40.6 Å². The molecule has 1 aromatic carbocycles. The number of carbonyl (C=O) groups is 1. The first-order chi connectivity index (χ1) is 13.0. The molecule has 2 N–H and O–H groups in total. The average molecular weight is 391 g/mol. The largest absolute Gasteiger partial charge is 0.497 e. The molecule has 2 fully saturated rings. The van der Waals surface area contributed by atoms with Crippen LogP contribution in [0.1, 0.15) is 70.2 Å². The molecule has 28 heavy (non-hydrogen) atoms. The number of carbonyl (C=O) groups excluding carboxylic acids is 1. The van der Waals surface area contributed by atoms with Crippen molar-refractivity contribution >= 4 is 5.97 Å². The fourth-order valence-corrected chi connectivity index (χ4v) is 5.35. The van der Waals surface area contributed by atoms with Gasteiger partial charge < -0.3 is 19.7 Å². The van der Waals surface area contributed by atoms with Crippen molar-refractivity contribution in [2.45, 2.75) is 77.1 Å². The van der Waals surface area contributed by atoms with E-state index in [1.165, 1.54) is 0 Å². The van der Waals surface area contributed by atoms with Crippen LogP contribution in [0, 0.1) is 17.3 Å². The van der Waals surface area contributed by atoms with Crippen LogP contribution in [0.4, 0.5) is 0 Å². The third kappa shape index (κ3) is 3.55. The highest BCUT2D eigenvalue weighted by Gasteiger charge is 2.61. The fourth-order valence-electron chi connectivity index (χ4n) is 5.35. The van der Waals surface area contributed by atoms with Crippen LogP contribution in [0.2, 0.25) is 0 Å². The molecule has 156 valence electrons. The van der Waals surface area contributed by atoms with Gasteiger partial charge >= 0.3 is 5.97 Å². The van der Waals surface area contributed by atoms with Crippen LogP contribution in [0.15, 0.2) is 24.3 Å². The third-order valence-corrected chi connectivity index (χ3v) is 7.39. The SMILES string of the molecule is COc1ccc(C(=O)OC2CC3(C)CCC(C(C)C)C3(O)CCC2(C)O)cc1. The van der Waals surface area contributed by atoms with Crippen molar-refractivity contribution in [2.75, 3.05) is 7.11 Å². The van der Waals surface area contributed by atoms with E-state index in [1.807, 2.05) is 0 Å². The van der Waals surface area contributed by atoms with Gasteiger partial charge in [0.2, 0.25) is 0 Å². The molecule has 3 rings (SSSR count). The molecule has 2 aliphatic rings. The quantitative estimate of drug-likeness (QED) is 0.761. The van der Waals surface area contributed by atoms with Crippen molar-refractivity contribution in [3.05, 3.63) is 29.8 Å². The topological polar surface area (TPSA) is 76.0 Å². The molecule has 5 nitrogen and oxygen atoms in total. The molecule has 2 saturated carbocycles. The van der Waals surface area contributed by atoms with Gasteiger partial charge in [0.15, 0.2) is 0 Å². The molecule has 0 heterocycles. The first-order valence-corrected chi connectivity index (χ1v) is 10.3. The first kappa shape index (κ1) is 21.1. The molecular weight excluding hydrogens is 356 g/mol. The smallest absolute Gasteiger partial charge is 0.338 e. The summed E-state index contributed by atoms with van der Waals surface area (Å²) in [5.41, 5.74) is -1.97. The van der Waals surface area contributed by atoms with E-state index in [0.717, 1.165) is 12.8 Å². The van der Waals surface area contributed by atoms with Crippen LogP contribution in [-0.2, 0) is 4.74 Å². The Labute approximate surface area is 168 Å². The molecule has 5 atom stereocenters. The standard InChI is InChI=1S/C23H34O5/c1-15(2)18-10-11-21(3)14-19(22(4,25)12-13-23(18,21)26)28-20(24)16-6-8-17(27-5)9-7-16/h6-9,15,18-19,25-26H,10-14H2,1-5H3. The molecule has 0 radical (unpaired) electrons. The summed E-state index contributed by atoms with van der Waals surface area (Å²) in [6.07, 6.45) is 2.57. The summed E-state index contributed by atoms with van der Waals surface area (Å²) in [4.78, 5) is 12.7. The van der Waals surface area contributed by atoms with Gasteiger partial charge in [-0.2, -0.15) is 0 Å². The third-order valence-electron chi connectivity index (χ3n) is 7.39. The maximum atomic E-state index is 12.7. The highest BCUT2D eigenvalue weighted by molar-refractivity contribution is 5.89. The second-order valence-corrected chi connectivity index (χ2v) is 9.56. The number of hydrogen-bond acceptors (Lipinski definition) is 5. The number of methoxy groups -OCH3 is 1. The lowest BCUT2D eigenvalue weighted by molar-refractivity contribution is -0.109. The summed E-state index contributed by atoms with van der Waals surface area (Å²) < 4.78 is 10.9. The minimum atomic E-state index is -1.17. The zero-order valence-electron chi connectivity index (χ0n) is 17.7. The van der Waals surface area contributed by atoms with E-state index in [1.54, 1.807) is 38.3 Å². The van der Waals surface area contributed by atoms with E-state index >= 15 is 0 Å². The van der Waals surface area contributed by atoms with Crippen molar-refractivity contribution in [3.8, 4) is 5.75 Å². The number of rotatable bonds is 4. The lowest BCUT2D eigenvalue weighted by atomic mass is 9.67. The minimum Gasteiger partial charge on any atom is -0.497 e. The fraction of sp³-hybridized carbons (Fsp3) is 0.696. The number of hydrogen-bond donors (Lipinski definition) is 2. The summed E-state index contributed by atoms with van der Waals surface area (Å²) in [5, 5.41) is 22.8. The van der Waals surface area contributed by atoms with Gasteiger partial charge in [0.05, 0.1) is 23.9 Å². The summed E-state index contributed by atoms with van der Waals surface area (Å²) >= 11 is 0. The van der Waals surface area contributed by atoms with Crippen LogP contribution >= 0.6 is 0 Å². The Bertz CT molecular complexity index is 710. The van der Waals surface area contributed by atoms with Gasteiger partial charge in [-0.1, -0.05) is 20.8 Å². The van der Waals surface area contributed by atoms with E-state index in [-0.39, 0.29) is 11.3 Å². The number of benzene rings is 1. The van der Waals surface area contributed by atoms with Crippen LogP contribution < -0.4 is 4.74 Å². The van der Waals surface area contributed by atoms with E-state index in [4.69, 9.17) is 9.47 Å². The van der Waals surface area contributed by atoms with E-state index < -0.39 is 23.3 Å². The first-order valence-electron chi connectivity index (χ1n) is 10.3. The van der Waals surface area contributed by atoms with Crippen LogP contribution in [0.5, 0.6) is 5.75 Å². The van der Waals surface area contributed by atoms with Crippen molar-refractivity contribution in [1.82, 2.24) is 0 Å². The zero-order chi connectivity index (χ0) is 20.7. The predicted octanol–water partition coefficient (Wildman–Crippen LogP) is 3.96. The Kier molecular flexibility index (Phi) is 5.54. The van der Waals surface area contributed by atoms with Gasteiger partial charge in [-0.15, -0.1) is 0 Å². The number of aliphatic hydroxyl groups is 2. The number of ether oxygens (including phenoxy) is 2. The second kappa shape index (κ2) is 7.34. The molecule has 0 saturated heterocycles. The van der Waals surface area contributed by atoms with E-state index in [9.17, 15) is 15.0 Å². The van der Waals surface area contributed by atoms with Crippen LogP contribution in [0.3, 0.4) is 0 Å². The lowest BCUT2D eigenvalue weighted by Crippen LogP contribution is -2.48. The van der Waals surface area contributed by atoms with Crippen molar-refractivity contribution in [1.29, 1.82) is 0 Å². The van der Waals surface area contributed by atoms with Gasteiger partial charge in [-0.25, -0.2) is 4.79 Å². The van der Waals surface area contributed by atoms with Crippen molar-refractivity contribution < 1.29 is 24.5 Å². The monoisotopic (exact) mass is 390 g/mol. The second-order valence-electron chi connectivity index (χ2n) is 9.56. The van der Waals surface area contributed by atoms with E-state index in [2.05, 4.69) is 20.8 Å². The highest BCUT2D eigenvalue weighted by atomic mass is 16.6. The van der Waals surface area contributed by atoms with Crippen molar-refractivity contribution in [2.24, 2.45) is 17.3 Å². The molecule has 5 heteroatoms. The molecule has 0 spiro atoms. The maximum Gasteiger partial charge on any atom is 0.338 e. The molecule has 0 bridgehead atoms. The van der Waals surface area contributed by atoms with Gasteiger partial charge in [0.25, 0.3) is 0 Å². The Morgan fingerprint density at radius 3 is 2.32 bits per heavy atom. The molecule has 2 aliphatic carbocycles.